The highest BCUT2D eigenvalue weighted by atomic mass is 15.3. The van der Waals surface area contributed by atoms with Gasteiger partial charge in [0.25, 0.3) is 0 Å². The maximum Gasteiger partial charge on any atom is 0.203 e. The van der Waals surface area contributed by atoms with Crippen LogP contribution < -0.4 is 11.1 Å². The van der Waals surface area contributed by atoms with Crippen molar-refractivity contribution in [3.63, 3.8) is 0 Å². The van der Waals surface area contributed by atoms with Crippen molar-refractivity contribution in [3.05, 3.63) is 82.9 Å². The number of aryl methyl sites for hydroxylation is 1. The first-order valence-corrected chi connectivity index (χ1v) is 10.5. The van der Waals surface area contributed by atoms with Crippen LogP contribution in [0.4, 0.5) is 5.82 Å². The number of hydrogen-bond acceptors (Lipinski definition) is 5. The average molecular weight is 399 g/mol. The molecule has 1 aliphatic rings. The Bertz CT molecular complexity index is 1170. The molecule has 0 fully saturated rings. The van der Waals surface area contributed by atoms with E-state index in [9.17, 15) is 0 Å². The van der Waals surface area contributed by atoms with Gasteiger partial charge in [0.15, 0.2) is 0 Å². The zero-order valence-corrected chi connectivity index (χ0v) is 17.1. The molecule has 152 valence electrons. The van der Waals surface area contributed by atoms with Gasteiger partial charge in [0, 0.05) is 11.5 Å². The highest BCUT2D eigenvalue weighted by molar-refractivity contribution is 5.77. The summed E-state index contributed by atoms with van der Waals surface area (Å²) >= 11 is 0. The van der Waals surface area contributed by atoms with E-state index in [1.54, 1.807) is 0 Å². The summed E-state index contributed by atoms with van der Waals surface area (Å²) < 4.78 is 0. The molecular weight excluding hydrogens is 372 g/mol. The van der Waals surface area contributed by atoms with Crippen LogP contribution in [-0.2, 0) is 12.0 Å². The zero-order valence-electron chi connectivity index (χ0n) is 17.1. The second-order valence-electron chi connectivity index (χ2n) is 8.30. The predicted molar refractivity (Wildman–Crippen MR) is 119 cm³/mol. The van der Waals surface area contributed by atoms with Crippen LogP contribution in [-0.4, -0.2) is 26.9 Å². The summed E-state index contributed by atoms with van der Waals surface area (Å²) in [7, 11) is 0. The normalized spacial score (nSPS) is 19.1. The molecule has 6 nitrogen and oxygen atoms in total. The summed E-state index contributed by atoms with van der Waals surface area (Å²) in [4.78, 5) is 4.31. The van der Waals surface area contributed by atoms with Crippen molar-refractivity contribution in [2.45, 2.75) is 37.6 Å². The smallest absolute Gasteiger partial charge is 0.203 e. The fourth-order valence-electron chi connectivity index (χ4n) is 4.80. The Kier molecular flexibility index (Phi) is 4.71. The molecule has 0 saturated heterocycles. The standard InChI is InChI=1S/C24H26N6/c1-24(13-11-17-9-5-6-10-20(17)24)26-14-12-18(16-7-3-2-4-8-16)19-15-21(25)27-23-22(19)28-30-29-23/h2-10,15,18,26H,11-14H2,1H3,(H3,25,27,28,29,30). The van der Waals surface area contributed by atoms with E-state index in [-0.39, 0.29) is 11.5 Å². The molecule has 0 radical (unpaired) electrons. The molecule has 0 amide bonds. The number of H-pyrrole nitrogens is 1. The number of pyridine rings is 1. The van der Waals surface area contributed by atoms with Crippen molar-refractivity contribution in [1.82, 2.24) is 25.7 Å². The Morgan fingerprint density at radius 1 is 1.10 bits per heavy atom. The molecule has 2 heterocycles. The van der Waals surface area contributed by atoms with E-state index in [0.29, 0.717) is 11.5 Å². The van der Waals surface area contributed by atoms with Crippen LogP contribution in [0, 0.1) is 0 Å². The second kappa shape index (κ2) is 7.54. The van der Waals surface area contributed by atoms with E-state index < -0.39 is 0 Å². The molecule has 0 bridgehead atoms. The van der Waals surface area contributed by atoms with Crippen molar-refractivity contribution in [2.24, 2.45) is 0 Å². The van der Waals surface area contributed by atoms with Gasteiger partial charge in [-0.05, 0) is 61.1 Å². The summed E-state index contributed by atoms with van der Waals surface area (Å²) in [5.74, 6) is 0.619. The van der Waals surface area contributed by atoms with Crippen molar-refractivity contribution < 1.29 is 0 Å². The number of benzene rings is 2. The summed E-state index contributed by atoms with van der Waals surface area (Å²) in [6.07, 6.45) is 3.17. The van der Waals surface area contributed by atoms with Gasteiger partial charge in [-0.15, -0.1) is 5.10 Å². The van der Waals surface area contributed by atoms with Crippen LogP contribution in [0.3, 0.4) is 0 Å². The van der Waals surface area contributed by atoms with Gasteiger partial charge < -0.3 is 11.1 Å². The van der Waals surface area contributed by atoms with E-state index in [1.165, 1.54) is 16.7 Å². The van der Waals surface area contributed by atoms with Crippen molar-refractivity contribution in [2.75, 3.05) is 12.3 Å². The number of nitrogens with one attached hydrogen (secondary N) is 2. The number of nitrogens with zero attached hydrogens (tertiary/aromatic N) is 3. The number of nitrogen functional groups attached to an aromatic ring is 1. The molecule has 1 aliphatic carbocycles. The van der Waals surface area contributed by atoms with Crippen LogP contribution in [0.1, 0.15) is 47.9 Å². The molecule has 4 N–H and O–H groups in total. The molecule has 2 aromatic heterocycles. The molecule has 5 rings (SSSR count). The lowest BCUT2D eigenvalue weighted by Gasteiger charge is -2.29. The molecule has 0 saturated carbocycles. The SMILES string of the molecule is CC1(NCCC(c2ccccc2)c2cc(N)nc3n[nH]nc23)CCc2ccccc21. The van der Waals surface area contributed by atoms with Crippen LogP contribution in [0.15, 0.2) is 60.7 Å². The molecule has 0 spiro atoms. The molecule has 2 aromatic carbocycles. The third-order valence-electron chi connectivity index (χ3n) is 6.37. The van der Waals surface area contributed by atoms with Gasteiger partial charge in [0.1, 0.15) is 11.3 Å². The highest BCUT2D eigenvalue weighted by Gasteiger charge is 2.33. The van der Waals surface area contributed by atoms with Gasteiger partial charge in [-0.3, -0.25) is 0 Å². The van der Waals surface area contributed by atoms with Gasteiger partial charge in [0.2, 0.25) is 5.65 Å². The monoisotopic (exact) mass is 398 g/mol. The fraction of sp³-hybridized carbons (Fsp3) is 0.292. The molecule has 4 aromatic rings. The first-order valence-electron chi connectivity index (χ1n) is 10.5. The molecule has 30 heavy (non-hydrogen) atoms. The van der Waals surface area contributed by atoms with E-state index in [0.717, 1.165) is 36.9 Å². The lowest BCUT2D eigenvalue weighted by molar-refractivity contribution is 0.359. The topological polar surface area (TPSA) is 92.5 Å². The summed E-state index contributed by atoms with van der Waals surface area (Å²) in [5, 5.41) is 15.1. The Morgan fingerprint density at radius 2 is 1.90 bits per heavy atom. The van der Waals surface area contributed by atoms with Gasteiger partial charge in [0.05, 0.1) is 0 Å². The van der Waals surface area contributed by atoms with E-state index >= 15 is 0 Å². The van der Waals surface area contributed by atoms with Crippen LogP contribution >= 0.6 is 0 Å². The third-order valence-corrected chi connectivity index (χ3v) is 6.37. The minimum Gasteiger partial charge on any atom is -0.384 e. The van der Waals surface area contributed by atoms with Gasteiger partial charge >= 0.3 is 0 Å². The fourth-order valence-corrected chi connectivity index (χ4v) is 4.80. The Morgan fingerprint density at radius 3 is 2.77 bits per heavy atom. The average Bonchev–Trinajstić information content (AvgIpc) is 3.37. The van der Waals surface area contributed by atoms with Crippen molar-refractivity contribution in [1.29, 1.82) is 0 Å². The molecule has 6 heteroatoms. The molecular formula is C24H26N6. The first-order chi connectivity index (χ1) is 14.6. The maximum absolute atomic E-state index is 6.09. The maximum atomic E-state index is 6.09. The summed E-state index contributed by atoms with van der Waals surface area (Å²) in [6, 6.07) is 21.2. The number of rotatable bonds is 6. The Labute approximate surface area is 175 Å². The van der Waals surface area contributed by atoms with Gasteiger partial charge in [-0.1, -0.05) is 54.6 Å². The zero-order chi connectivity index (χ0) is 20.6. The number of aromatic nitrogens is 4. The summed E-state index contributed by atoms with van der Waals surface area (Å²) in [5.41, 5.74) is 12.6. The van der Waals surface area contributed by atoms with Crippen LogP contribution in [0.2, 0.25) is 0 Å². The quantitative estimate of drug-likeness (QED) is 0.458. The molecule has 2 unspecified atom stereocenters. The van der Waals surface area contributed by atoms with Crippen LogP contribution in [0.25, 0.3) is 11.2 Å². The lowest BCUT2D eigenvalue weighted by atomic mass is 9.87. The first kappa shape index (κ1) is 18.8. The van der Waals surface area contributed by atoms with E-state index in [4.69, 9.17) is 5.73 Å². The Hall–Kier alpha value is -3.25. The van der Waals surface area contributed by atoms with Crippen molar-refractivity contribution in [3.8, 4) is 0 Å². The predicted octanol–water partition coefficient (Wildman–Crippen LogP) is 3.91. The number of hydrogen-bond donors (Lipinski definition) is 3. The van der Waals surface area contributed by atoms with E-state index in [2.05, 4.69) is 81.2 Å². The minimum absolute atomic E-state index is 0.0122. The number of fused-ring (bicyclic) bond motifs is 2. The Balaban J connectivity index is 1.44. The summed E-state index contributed by atoms with van der Waals surface area (Å²) in [6.45, 7) is 3.20. The third kappa shape index (κ3) is 3.33. The number of aromatic amines is 1. The number of nitrogens with two attached hydrogens (primary N) is 1. The lowest BCUT2D eigenvalue weighted by Crippen LogP contribution is -2.38. The van der Waals surface area contributed by atoms with Gasteiger partial charge in [-0.25, -0.2) is 4.98 Å². The minimum atomic E-state index is 0.0122. The largest absolute Gasteiger partial charge is 0.384 e. The highest BCUT2D eigenvalue weighted by Crippen LogP contribution is 2.37. The molecule has 2 atom stereocenters. The van der Waals surface area contributed by atoms with Crippen LogP contribution in [0.5, 0.6) is 0 Å². The second-order valence-corrected chi connectivity index (χ2v) is 8.30. The molecule has 0 aliphatic heterocycles. The van der Waals surface area contributed by atoms with Crippen molar-refractivity contribution >= 4 is 17.0 Å². The number of anilines is 1. The van der Waals surface area contributed by atoms with E-state index in [1.807, 2.05) is 12.1 Å². The van der Waals surface area contributed by atoms with Gasteiger partial charge in [-0.2, -0.15) is 10.3 Å².